The van der Waals surface area contributed by atoms with Gasteiger partial charge < -0.3 is 10.4 Å². The van der Waals surface area contributed by atoms with E-state index in [0.29, 0.717) is 0 Å². The molecule has 2 N–H and O–H groups in total. The van der Waals surface area contributed by atoms with Gasteiger partial charge in [-0.05, 0) is 40.3 Å². The summed E-state index contributed by atoms with van der Waals surface area (Å²) < 4.78 is 0. The van der Waals surface area contributed by atoms with Crippen LogP contribution in [0.4, 0.5) is 0 Å². The zero-order valence-corrected chi connectivity index (χ0v) is 8.65. The first-order chi connectivity index (χ1) is 5.48. The first-order valence-corrected chi connectivity index (χ1v) is 4.57. The lowest BCUT2D eigenvalue weighted by Crippen LogP contribution is -2.28. The van der Waals surface area contributed by atoms with Crippen LogP contribution in [0.25, 0.3) is 0 Å². The van der Waals surface area contributed by atoms with Crippen LogP contribution in [0.5, 0.6) is 0 Å². The third-order valence-corrected chi connectivity index (χ3v) is 1.66. The van der Waals surface area contributed by atoms with Gasteiger partial charge in [0, 0.05) is 0 Å². The zero-order valence-electron chi connectivity index (χ0n) is 8.65. The molecule has 0 spiro atoms. The Labute approximate surface area is 75.7 Å². The fourth-order valence-corrected chi connectivity index (χ4v) is 1.21. The number of allylic oxidation sites excluding steroid dienone is 1. The van der Waals surface area contributed by atoms with E-state index >= 15 is 0 Å². The van der Waals surface area contributed by atoms with E-state index in [9.17, 15) is 5.11 Å². The smallest absolute Gasteiger partial charge is 0.0814 e. The molecule has 0 fully saturated rings. The first-order valence-electron chi connectivity index (χ1n) is 4.57. The van der Waals surface area contributed by atoms with Gasteiger partial charge in [-0.25, -0.2) is 0 Å². The normalized spacial score (nSPS) is 15.4. The van der Waals surface area contributed by atoms with Crippen LogP contribution in [-0.4, -0.2) is 23.8 Å². The Kier molecular flexibility index (Phi) is 5.18. The molecule has 0 saturated heterocycles. The van der Waals surface area contributed by atoms with E-state index < -0.39 is 5.60 Å². The van der Waals surface area contributed by atoms with Crippen LogP contribution in [-0.2, 0) is 0 Å². The minimum absolute atomic E-state index is 0.652. The summed E-state index contributed by atoms with van der Waals surface area (Å²) in [5.74, 6) is 0. The Morgan fingerprint density at radius 1 is 1.50 bits per heavy atom. The maximum Gasteiger partial charge on any atom is 0.0814 e. The molecule has 2 heteroatoms. The van der Waals surface area contributed by atoms with Crippen molar-refractivity contribution >= 4 is 0 Å². The predicted octanol–water partition coefficient (Wildman–Crippen LogP) is 1.70. The highest BCUT2D eigenvalue weighted by atomic mass is 16.3. The lowest BCUT2D eigenvalue weighted by atomic mass is 10.00. The predicted molar refractivity (Wildman–Crippen MR) is 53.2 cm³/mol. The molecule has 0 heterocycles. The van der Waals surface area contributed by atoms with Crippen LogP contribution in [0, 0.1) is 0 Å². The number of hydrogen-bond donors (Lipinski definition) is 2. The van der Waals surface area contributed by atoms with Gasteiger partial charge in [-0.2, -0.15) is 0 Å². The van der Waals surface area contributed by atoms with E-state index in [-0.39, 0.29) is 0 Å². The van der Waals surface area contributed by atoms with Crippen molar-refractivity contribution in [2.24, 2.45) is 0 Å². The molecule has 0 radical (unpaired) electrons. The summed E-state index contributed by atoms with van der Waals surface area (Å²) >= 11 is 0. The van der Waals surface area contributed by atoms with Crippen molar-refractivity contribution in [2.45, 2.75) is 39.7 Å². The summed E-state index contributed by atoms with van der Waals surface area (Å²) in [6, 6.07) is 0. The van der Waals surface area contributed by atoms with Gasteiger partial charge in [0.2, 0.25) is 0 Å². The van der Waals surface area contributed by atoms with Crippen LogP contribution in [0.1, 0.15) is 34.1 Å². The van der Waals surface area contributed by atoms with Crippen molar-refractivity contribution < 1.29 is 5.11 Å². The third kappa shape index (κ3) is 6.38. The average Bonchev–Trinajstić information content (AvgIpc) is 1.84. The van der Waals surface area contributed by atoms with E-state index in [2.05, 4.69) is 12.2 Å². The molecular weight excluding hydrogens is 150 g/mol. The van der Waals surface area contributed by atoms with E-state index in [4.69, 9.17) is 0 Å². The van der Waals surface area contributed by atoms with Gasteiger partial charge in [0.15, 0.2) is 0 Å². The second-order valence-electron chi connectivity index (χ2n) is 3.68. The molecular formula is C10H21NO. The van der Waals surface area contributed by atoms with Crippen molar-refractivity contribution in [3.05, 3.63) is 11.6 Å². The molecule has 0 aliphatic heterocycles. The third-order valence-electron chi connectivity index (χ3n) is 1.66. The Balaban J connectivity index is 3.79. The van der Waals surface area contributed by atoms with Gasteiger partial charge in [-0.1, -0.05) is 18.6 Å². The fraction of sp³-hybridized carbons (Fsp3) is 0.800. The van der Waals surface area contributed by atoms with E-state index in [1.165, 1.54) is 0 Å². The van der Waals surface area contributed by atoms with E-state index in [0.717, 1.165) is 25.1 Å². The minimum Gasteiger partial charge on any atom is -0.386 e. The highest BCUT2D eigenvalue weighted by Crippen LogP contribution is 2.12. The van der Waals surface area contributed by atoms with Crippen molar-refractivity contribution in [3.63, 3.8) is 0 Å². The fourth-order valence-electron chi connectivity index (χ4n) is 1.21. The molecule has 0 aromatic carbocycles. The second-order valence-corrected chi connectivity index (χ2v) is 3.68. The average molecular weight is 171 g/mol. The van der Waals surface area contributed by atoms with Gasteiger partial charge in [0.25, 0.3) is 0 Å². The molecule has 0 bridgehead atoms. The van der Waals surface area contributed by atoms with Gasteiger partial charge in [0.1, 0.15) is 0 Å². The van der Waals surface area contributed by atoms with Crippen LogP contribution in [0.3, 0.4) is 0 Å². The lowest BCUT2D eigenvalue weighted by molar-refractivity contribution is 0.101. The summed E-state index contributed by atoms with van der Waals surface area (Å²) in [5.41, 5.74) is 0.512. The summed E-state index contributed by atoms with van der Waals surface area (Å²) in [7, 11) is 0. The monoisotopic (exact) mass is 171 g/mol. The molecule has 0 aliphatic rings. The van der Waals surface area contributed by atoms with E-state index in [1.54, 1.807) is 0 Å². The summed E-state index contributed by atoms with van der Waals surface area (Å²) in [4.78, 5) is 0. The number of aliphatic hydroxyl groups is 1. The van der Waals surface area contributed by atoms with Crippen LogP contribution >= 0.6 is 0 Å². The molecule has 0 saturated carbocycles. The summed E-state index contributed by atoms with van der Waals surface area (Å²) in [6.07, 6.45) is 2.68. The Bertz CT molecular complexity index is 146. The van der Waals surface area contributed by atoms with Crippen molar-refractivity contribution in [1.82, 2.24) is 5.32 Å². The zero-order chi connectivity index (χ0) is 9.61. The molecule has 1 atom stereocenters. The highest BCUT2D eigenvalue weighted by molar-refractivity contribution is 5.04. The maximum atomic E-state index is 9.80. The summed E-state index contributed by atoms with van der Waals surface area (Å²) in [6.45, 7) is 9.74. The molecule has 1 unspecified atom stereocenters. The van der Waals surface area contributed by atoms with Crippen LogP contribution in [0.2, 0.25) is 0 Å². The van der Waals surface area contributed by atoms with E-state index in [1.807, 2.05) is 26.8 Å². The number of nitrogens with one attached hydrogen (secondary N) is 1. The minimum atomic E-state index is -0.652. The van der Waals surface area contributed by atoms with Crippen molar-refractivity contribution in [2.75, 3.05) is 13.1 Å². The van der Waals surface area contributed by atoms with Crippen LogP contribution in [0.15, 0.2) is 11.6 Å². The summed E-state index contributed by atoms with van der Waals surface area (Å²) in [5, 5.41) is 13.0. The Morgan fingerprint density at radius 2 is 2.08 bits per heavy atom. The molecule has 2 nitrogen and oxygen atoms in total. The standard InChI is InChI=1S/C10H21NO/c1-5-11-7-6-10(4,12)8-9(2)3/h8,11-12H,5-7H2,1-4H3. The van der Waals surface area contributed by atoms with Crippen LogP contribution < -0.4 is 5.32 Å². The molecule has 0 aliphatic carbocycles. The molecule has 0 amide bonds. The Morgan fingerprint density at radius 3 is 2.50 bits per heavy atom. The molecule has 72 valence electrons. The van der Waals surface area contributed by atoms with Gasteiger partial charge in [-0.3, -0.25) is 0 Å². The SMILES string of the molecule is CCNCCC(C)(O)C=C(C)C. The molecule has 0 aromatic heterocycles. The molecule has 0 aromatic rings. The maximum absolute atomic E-state index is 9.80. The van der Waals surface area contributed by atoms with Gasteiger partial charge in [-0.15, -0.1) is 0 Å². The second kappa shape index (κ2) is 5.33. The number of rotatable bonds is 5. The van der Waals surface area contributed by atoms with Crippen molar-refractivity contribution in [3.8, 4) is 0 Å². The lowest BCUT2D eigenvalue weighted by Gasteiger charge is -2.19. The Hall–Kier alpha value is -0.340. The largest absolute Gasteiger partial charge is 0.386 e. The molecule has 12 heavy (non-hydrogen) atoms. The first kappa shape index (κ1) is 11.7. The van der Waals surface area contributed by atoms with Gasteiger partial charge in [0.05, 0.1) is 5.60 Å². The van der Waals surface area contributed by atoms with Crippen molar-refractivity contribution in [1.29, 1.82) is 0 Å². The highest BCUT2D eigenvalue weighted by Gasteiger charge is 2.15. The number of hydrogen-bond acceptors (Lipinski definition) is 2. The topological polar surface area (TPSA) is 32.3 Å². The van der Waals surface area contributed by atoms with Gasteiger partial charge >= 0.3 is 0 Å². The quantitative estimate of drug-likeness (QED) is 0.487. The molecule has 0 rings (SSSR count).